The fraction of sp³-hybridized carbons (Fsp3) is 0.364. The molecule has 160 valence electrons. The van der Waals surface area contributed by atoms with Gasteiger partial charge in [-0.15, -0.1) is 6.42 Å². The first-order chi connectivity index (χ1) is 14.9. The van der Waals surface area contributed by atoms with E-state index in [0.29, 0.717) is 12.8 Å². The molecule has 2 N–H and O–H groups in total. The number of fused-ring (bicyclic) bond motifs is 1. The number of Topliss-reactive ketones (excluding diaryl/α,β-unsaturated/α-hetero) is 1. The summed E-state index contributed by atoms with van der Waals surface area (Å²) in [5, 5.41) is 0. The average Bonchev–Trinajstić information content (AvgIpc) is 3.54. The summed E-state index contributed by atoms with van der Waals surface area (Å²) in [6, 6.07) is 2.21. The van der Waals surface area contributed by atoms with E-state index in [1.165, 1.54) is 18.5 Å². The number of terminal acetylenes is 1. The molecule has 9 heteroatoms. The van der Waals surface area contributed by atoms with Gasteiger partial charge in [0.05, 0.1) is 18.2 Å². The first kappa shape index (κ1) is 20.8. The van der Waals surface area contributed by atoms with Gasteiger partial charge in [0.2, 0.25) is 5.88 Å². The number of hydrogen-bond donors (Lipinski definition) is 1. The molecule has 2 aromatic rings. The summed E-state index contributed by atoms with van der Waals surface area (Å²) in [5.74, 6) is -0.306. The minimum Gasteiger partial charge on any atom is -0.463 e. The molecular weight excluding hydrogens is 409 g/mol. The Morgan fingerprint density at radius 1 is 1.32 bits per heavy atom. The molecule has 2 aliphatic rings. The Balaban J connectivity index is 1.62. The zero-order valence-electron chi connectivity index (χ0n) is 16.4. The third-order valence-corrected chi connectivity index (χ3v) is 5.69. The predicted molar refractivity (Wildman–Crippen MR) is 106 cm³/mol. The third-order valence-electron chi connectivity index (χ3n) is 5.69. The van der Waals surface area contributed by atoms with Gasteiger partial charge in [0.15, 0.2) is 24.0 Å². The summed E-state index contributed by atoms with van der Waals surface area (Å²) in [4.78, 5) is 24.7. The van der Waals surface area contributed by atoms with Crippen LogP contribution >= 0.6 is 0 Å². The molecule has 1 saturated carbocycles. The molecule has 2 heterocycles. The van der Waals surface area contributed by atoms with Crippen LogP contribution in [0, 0.1) is 35.8 Å². The minimum absolute atomic E-state index is 0.00474. The number of amidine groups is 1. The van der Waals surface area contributed by atoms with Gasteiger partial charge in [-0.2, -0.15) is 0 Å². The molecule has 1 aliphatic carbocycles. The number of aromatic nitrogens is 2. The maximum Gasteiger partial charge on any atom is 0.233 e. The fourth-order valence-electron chi connectivity index (χ4n) is 4.16. The van der Waals surface area contributed by atoms with Crippen LogP contribution in [0.2, 0.25) is 0 Å². The molecule has 1 aromatic carbocycles. The maximum absolute atomic E-state index is 14.7. The van der Waals surface area contributed by atoms with Gasteiger partial charge >= 0.3 is 0 Å². The van der Waals surface area contributed by atoms with E-state index in [-0.39, 0.29) is 53.4 Å². The van der Waals surface area contributed by atoms with Gasteiger partial charge in [0, 0.05) is 18.4 Å². The molecule has 0 unspecified atom stereocenters. The molecule has 0 radical (unpaired) electrons. The Kier molecular flexibility index (Phi) is 5.39. The molecular formula is C22H19F3N4O2. The van der Waals surface area contributed by atoms with Crippen molar-refractivity contribution in [3.8, 4) is 18.2 Å². The number of carbonyl (C=O) groups excluding carboxylic acids is 1. The highest BCUT2D eigenvalue weighted by molar-refractivity contribution is 5.95. The molecule has 1 fully saturated rings. The number of ether oxygens (including phenoxy) is 1. The van der Waals surface area contributed by atoms with Gasteiger partial charge in [-0.05, 0) is 36.0 Å². The molecule has 1 aliphatic heterocycles. The van der Waals surface area contributed by atoms with Crippen LogP contribution in [0.1, 0.15) is 34.5 Å². The second kappa shape index (κ2) is 8.02. The van der Waals surface area contributed by atoms with Crippen LogP contribution in [0.3, 0.4) is 0 Å². The molecule has 3 atom stereocenters. The Labute approximate surface area is 176 Å². The van der Waals surface area contributed by atoms with E-state index in [9.17, 15) is 18.0 Å². The predicted octanol–water partition coefficient (Wildman–Crippen LogP) is 2.75. The number of rotatable bonds is 7. The Morgan fingerprint density at radius 2 is 2.13 bits per heavy atom. The molecule has 31 heavy (non-hydrogen) atoms. The van der Waals surface area contributed by atoms with Crippen molar-refractivity contribution in [3.63, 3.8) is 0 Å². The molecule has 6 nitrogen and oxygen atoms in total. The van der Waals surface area contributed by atoms with E-state index in [1.807, 2.05) is 0 Å². The van der Waals surface area contributed by atoms with Crippen LogP contribution in [0.4, 0.5) is 13.2 Å². The largest absolute Gasteiger partial charge is 0.463 e. The maximum atomic E-state index is 14.7. The lowest BCUT2D eigenvalue weighted by atomic mass is 9.82. The third kappa shape index (κ3) is 3.85. The standard InChI is InChI=1S/C22H19F3N4O2/c1-2-3-31-20-10-27-17(9-28-20)18(30)6-12-4-15(21(25)16(24)5-12)22(11-23)14-7-13(14)8-19(26)29-22/h1,4-5,9-10,13-14H,3,6-8,11H2,(H2,26,29)/t13-,14-,22+/m1/s1. The van der Waals surface area contributed by atoms with Crippen LogP contribution in [-0.2, 0) is 12.0 Å². The summed E-state index contributed by atoms with van der Waals surface area (Å²) < 4.78 is 48.5. The lowest BCUT2D eigenvalue weighted by molar-refractivity contribution is 0.0987. The smallest absolute Gasteiger partial charge is 0.233 e. The molecule has 4 rings (SSSR count). The first-order valence-electron chi connectivity index (χ1n) is 9.68. The van der Waals surface area contributed by atoms with Crippen LogP contribution in [0.5, 0.6) is 5.88 Å². The summed E-state index contributed by atoms with van der Waals surface area (Å²) in [5.41, 5.74) is 4.26. The Bertz CT molecular complexity index is 1100. The highest BCUT2D eigenvalue weighted by Crippen LogP contribution is 2.58. The van der Waals surface area contributed by atoms with Crippen molar-refractivity contribution in [1.82, 2.24) is 9.97 Å². The van der Waals surface area contributed by atoms with Crippen molar-refractivity contribution in [2.75, 3.05) is 13.3 Å². The van der Waals surface area contributed by atoms with E-state index in [4.69, 9.17) is 16.9 Å². The molecule has 0 spiro atoms. The number of halogens is 3. The van der Waals surface area contributed by atoms with Crippen molar-refractivity contribution in [1.29, 1.82) is 0 Å². The van der Waals surface area contributed by atoms with Crippen LogP contribution in [-0.4, -0.2) is 34.9 Å². The van der Waals surface area contributed by atoms with Crippen molar-refractivity contribution in [2.24, 2.45) is 22.6 Å². The normalized spacial score (nSPS) is 24.0. The van der Waals surface area contributed by atoms with Crippen molar-refractivity contribution in [2.45, 2.75) is 24.8 Å². The second-order valence-electron chi connectivity index (χ2n) is 7.74. The van der Waals surface area contributed by atoms with Crippen molar-refractivity contribution in [3.05, 3.63) is 53.0 Å². The highest BCUT2D eigenvalue weighted by atomic mass is 19.2. The van der Waals surface area contributed by atoms with Crippen molar-refractivity contribution >= 4 is 11.6 Å². The number of hydrogen-bond acceptors (Lipinski definition) is 6. The zero-order valence-corrected chi connectivity index (χ0v) is 16.4. The van der Waals surface area contributed by atoms with E-state index in [1.54, 1.807) is 0 Å². The number of alkyl halides is 1. The lowest BCUT2D eigenvalue weighted by Gasteiger charge is -2.32. The second-order valence-corrected chi connectivity index (χ2v) is 7.74. The topological polar surface area (TPSA) is 90.5 Å². The van der Waals surface area contributed by atoms with Gasteiger partial charge in [-0.1, -0.05) is 5.92 Å². The van der Waals surface area contributed by atoms with Gasteiger partial charge in [-0.25, -0.2) is 23.1 Å². The van der Waals surface area contributed by atoms with Crippen LogP contribution < -0.4 is 10.5 Å². The zero-order chi connectivity index (χ0) is 22.2. The van der Waals surface area contributed by atoms with E-state index in [2.05, 4.69) is 20.9 Å². The number of carbonyl (C=O) groups is 1. The van der Waals surface area contributed by atoms with E-state index < -0.39 is 29.6 Å². The monoisotopic (exact) mass is 428 g/mol. The summed E-state index contributed by atoms with van der Waals surface area (Å²) in [6.07, 6.45) is 8.43. The fourth-order valence-corrected chi connectivity index (χ4v) is 4.16. The molecule has 0 amide bonds. The average molecular weight is 428 g/mol. The molecule has 0 bridgehead atoms. The van der Waals surface area contributed by atoms with Crippen LogP contribution in [0.25, 0.3) is 0 Å². The SMILES string of the molecule is C#CCOc1cnc(C(=O)Cc2cc(F)c(F)c([C@@]3(CF)N=C(N)C[C@H]4C[C@H]43)c2)cn1. The quantitative estimate of drug-likeness (QED) is 0.541. The van der Waals surface area contributed by atoms with Crippen LogP contribution in [0.15, 0.2) is 29.5 Å². The summed E-state index contributed by atoms with van der Waals surface area (Å²) in [7, 11) is 0. The van der Waals surface area contributed by atoms with E-state index in [0.717, 1.165) is 6.07 Å². The summed E-state index contributed by atoms with van der Waals surface area (Å²) >= 11 is 0. The number of benzene rings is 1. The number of ketones is 1. The number of nitrogens with zero attached hydrogens (tertiary/aromatic N) is 3. The highest BCUT2D eigenvalue weighted by Gasteiger charge is 2.57. The Hall–Kier alpha value is -3.41. The van der Waals surface area contributed by atoms with E-state index >= 15 is 0 Å². The number of aliphatic imine (C=N–C) groups is 1. The first-order valence-corrected chi connectivity index (χ1v) is 9.68. The minimum atomic E-state index is -1.56. The van der Waals surface area contributed by atoms with Crippen molar-refractivity contribution < 1.29 is 22.7 Å². The van der Waals surface area contributed by atoms with Gasteiger partial charge in [0.1, 0.15) is 17.9 Å². The Morgan fingerprint density at radius 3 is 2.81 bits per heavy atom. The van der Waals surface area contributed by atoms with Gasteiger partial charge in [0.25, 0.3) is 0 Å². The van der Waals surface area contributed by atoms with Gasteiger partial charge < -0.3 is 10.5 Å². The molecule has 1 aromatic heterocycles. The lowest BCUT2D eigenvalue weighted by Crippen LogP contribution is -2.38. The summed E-state index contributed by atoms with van der Waals surface area (Å²) in [6.45, 7) is -1.00. The number of nitrogens with two attached hydrogens (primary N) is 1. The molecule has 0 saturated heterocycles. The van der Waals surface area contributed by atoms with Gasteiger partial charge in [-0.3, -0.25) is 9.79 Å².